The van der Waals surface area contributed by atoms with Crippen molar-refractivity contribution in [1.82, 2.24) is 0 Å². The highest BCUT2D eigenvalue weighted by atomic mass is 127. The molecule has 2 aromatic carbocycles. The number of halogens is 1. The normalized spacial score (nSPS) is 16.8. The van der Waals surface area contributed by atoms with Gasteiger partial charge >= 0.3 is 6.48 Å². The zero-order valence-corrected chi connectivity index (χ0v) is 11.7. The Bertz CT molecular complexity index is 542. The predicted molar refractivity (Wildman–Crippen MR) is 75.4 cm³/mol. The lowest BCUT2D eigenvalue weighted by atomic mass is 10.2. The Kier molecular flexibility index (Phi) is 3.38. The van der Waals surface area contributed by atoms with Gasteiger partial charge < -0.3 is 14.2 Å². The number of rotatable bonds is 3. The summed E-state index contributed by atoms with van der Waals surface area (Å²) >= 11 is 2.23. The fraction of sp³-hybridized carbons (Fsp3) is 0.143. The van der Waals surface area contributed by atoms with Crippen molar-refractivity contribution in [2.45, 2.75) is 13.1 Å². The monoisotopic (exact) mass is 354 g/mol. The molecule has 1 aliphatic heterocycles. The Hall–Kier alpha value is -1.27. The zero-order valence-electron chi connectivity index (χ0n) is 9.51. The van der Waals surface area contributed by atoms with E-state index in [-0.39, 0.29) is 0 Å². The van der Waals surface area contributed by atoms with E-state index in [1.165, 1.54) is 0 Å². The van der Waals surface area contributed by atoms with Gasteiger partial charge in [0.15, 0.2) is 11.5 Å². The molecule has 1 unspecified atom stereocenters. The van der Waals surface area contributed by atoms with Crippen molar-refractivity contribution < 1.29 is 14.2 Å². The van der Waals surface area contributed by atoms with Gasteiger partial charge in [0.25, 0.3) is 0 Å². The van der Waals surface area contributed by atoms with Gasteiger partial charge in [-0.2, -0.15) is 0 Å². The van der Waals surface area contributed by atoms with Crippen molar-refractivity contribution in [3.8, 4) is 11.5 Å². The number of hydrogen-bond donors (Lipinski definition) is 0. The van der Waals surface area contributed by atoms with Crippen molar-refractivity contribution in [1.29, 1.82) is 0 Å². The van der Waals surface area contributed by atoms with Gasteiger partial charge in [0.2, 0.25) is 0 Å². The molecule has 3 rings (SSSR count). The Labute approximate surface area is 119 Å². The molecule has 0 radical (unpaired) electrons. The van der Waals surface area contributed by atoms with E-state index in [2.05, 4.69) is 22.6 Å². The van der Waals surface area contributed by atoms with Gasteiger partial charge in [-0.3, -0.25) is 0 Å². The highest BCUT2D eigenvalue weighted by molar-refractivity contribution is 14.1. The molecule has 0 amide bonds. The molecule has 1 heterocycles. The SMILES string of the molecule is Ic1ccc2c(c1)OC(OCc1ccccc1)O2. The van der Waals surface area contributed by atoms with Crippen LogP contribution < -0.4 is 9.47 Å². The first-order valence-corrected chi connectivity index (χ1v) is 6.67. The third kappa shape index (κ3) is 2.59. The summed E-state index contributed by atoms with van der Waals surface area (Å²) in [6.07, 6.45) is 0. The van der Waals surface area contributed by atoms with Crippen molar-refractivity contribution >= 4 is 22.6 Å². The summed E-state index contributed by atoms with van der Waals surface area (Å²) in [6, 6.07) is 15.7. The summed E-state index contributed by atoms with van der Waals surface area (Å²) in [5.74, 6) is 1.47. The average Bonchev–Trinajstić information content (AvgIpc) is 2.79. The van der Waals surface area contributed by atoms with Crippen LogP contribution in [-0.2, 0) is 11.3 Å². The molecule has 2 aromatic rings. The van der Waals surface area contributed by atoms with Crippen LogP contribution in [0.2, 0.25) is 0 Å². The third-order valence-corrected chi connectivity index (χ3v) is 3.25. The maximum atomic E-state index is 5.56. The topological polar surface area (TPSA) is 27.7 Å². The second-order valence-corrected chi connectivity index (χ2v) is 5.16. The summed E-state index contributed by atoms with van der Waals surface area (Å²) in [6.45, 7) is -0.185. The quantitative estimate of drug-likeness (QED) is 0.789. The summed E-state index contributed by atoms with van der Waals surface area (Å²) in [7, 11) is 0. The van der Waals surface area contributed by atoms with E-state index < -0.39 is 6.48 Å². The molecular weight excluding hydrogens is 343 g/mol. The highest BCUT2D eigenvalue weighted by Crippen LogP contribution is 2.36. The van der Waals surface area contributed by atoms with Gasteiger partial charge in [0, 0.05) is 3.57 Å². The first-order valence-electron chi connectivity index (χ1n) is 5.60. The highest BCUT2D eigenvalue weighted by Gasteiger charge is 2.24. The average molecular weight is 354 g/mol. The third-order valence-electron chi connectivity index (χ3n) is 2.58. The zero-order chi connectivity index (χ0) is 12.4. The maximum Gasteiger partial charge on any atom is 0.361 e. The standard InChI is InChI=1S/C14H11IO3/c15-11-6-7-12-13(8-11)18-14(17-12)16-9-10-4-2-1-3-5-10/h1-8,14H,9H2. The summed E-state index contributed by atoms with van der Waals surface area (Å²) in [5, 5.41) is 0. The second kappa shape index (κ2) is 5.16. The van der Waals surface area contributed by atoms with Gasteiger partial charge in [-0.1, -0.05) is 30.3 Å². The van der Waals surface area contributed by atoms with Crippen LogP contribution in [0.3, 0.4) is 0 Å². The van der Waals surface area contributed by atoms with Crippen molar-refractivity contribution in [2.24, 2.45) is 0 Å². The van der Waals surface area contributed by atoms with Crippen LogP contribution in [0.1, 0.15) is 5.56 Å². The molecule has 4 heteroatoms. The number of fused-ring (bicyclic) bond motifs is 1. The molecule has 0 N–H and O–H groups in total. The largest absolute Gasteiger partial charge is 0.428 e. The number of hydrogen-bond acceptors (Lipinski definition) is 3. The molecule has 0 spiro atoms. The van der Waals surface area contributed by atoms with E-state index in [4.69, 9.17) is 14.2 Å². The van der Waals surface area contributed by atoms with Crippen molar-refractivity contribution in [2.75, 3.05) is 0 Å². The van der Waals surface area contributed by atoms with Gasteiger partial charge in [0.05, 0.1) is 6.61 Å². The Morgan fingerprint density at radius 1 is 1.00 bits per heavy atom. The van der Waals surface area contributed by atoms with E-state index in [9.17, 15) is 0 Å². The first kappa shape index (κ1) is 11.8. The van der Waals surface area contributed by atoms with Gasteiger partial charge in [0.1, 0.15) is 0 Å². The van der Waals surface area contributed by atoms with E-state index >= 15 is 0 Å². The Morgan fingerprint density at radius 2 is 1.78 bits per heavy atom. The predicted octanol–water partition coefficient (Wildman–Crippen LogP) is 3.56. The van der Waals surface area contributed by atoms with E-state index in [0.29, 0.717) is 6.61 Å². The second-order valence-electron chi connectivity index (χ2n) is 3.91. The smallest absolute Gasteiger partial charge is 0.361 e. The Balaban J connectivity index is 1.61. The molecule has 0 fully saturated rings. The van der Waals surface area contributed by atoms with Crippen molar-refractivity contribution in [3.05, 3.63) is 57.7 Å². The maximum absolute atomic E-state index is 5.56. The van der Waals surface area contributed by atoms with Crippen LogP contribution in [0.15, 0.2) is 48.5 Å². The number of benzene rings is 2. The minimum Gasteiger partial charge on any atom is -0.428 e. The van der Waals surface area contributed by atoms with Crippen LogP contribution in [0, 0.1) is 3.57 Å². The van der Waals surface area contributed by atoms with Crippen LogP contribution >= 0.6 is 22.6 Å². The molecule has 0 saturated heterocycles. The fourth-order valence-electron chi connectivity index (χ4n) is 1.71. The summed E-state index contributed by atoms with van der Waals surface area (Å²) in [4.78, 5) is 0. The lowest BCUT2D eigenvalue weighted by molar-refractivity contribution is -0.184. The molecule has 18 heavy (non-hydrogen) atoms. The van der Waals surface area contributed by atoms with Crippen LogP contribution in [-0.4, -0.2) is 6.48 Å². The molecule has 3 nitrogen and oxygen atoms in total. The summed E-state index contributed by atoms with van der Waals surface area (Å²) < 4.78 is 17.8. The minimum absolute atomic E-state index is 0.469. The summed E-state index contributed by atoms with van der Waals surface area (Å²) in [5.41, 5.74) is 1.09. The van der Waals surface area contributed by atoms with Crippen molar-refractivity contribution in [3.63, 3.8) is 0 Å². The molecular formula is C14H11IO3. The van der Waals surface area contributed by atoms with Crippen LogP contribution in [0.5, 0.6) is 11.5 Å². The molecule has 0 aromatic heterocycles. The molecule has 0 saturated carbocycles. The lowest BCUT2D eigenvalue weighted by Gasteiger charge is -2.10. The van der Waals surface area contributed by atoms with Gasteiger partial charge in [-0.05, 0) is 46.4 Å². The van der Waals surface area contributed by atoms with Gasteiger partial charge in [-0.15, -0.1) is 0 Å². The van der Waals surface area contributed by atoms with Crippen LogP contribution in [0.4, 0.5) is 0 Å². The molecule has 0 bridgehead atoms. The Morgan fingerprint density at radius 3 is 2.61 bits per heavy atom. The molecule has 0 aliphatic carbocycles. The van der Waals surface area contributed by atoms with E-state index in [0.717, 1.165) is 20.6 Å². The molecule has 1 atom stereocenters. The molecule has 92 valence electrons. The van der Waals surface area contributed by atoms with E-state index in [1.54, 1.807) is 0 Å². The fourth-order valence-corrected chi connectivity index (χ4v) is 2.17. The van der Waals surface area contributed by atoms with E-state index in [1.807, 2.05) is 48.5 Å². The lowest BCUT2D eigenvalue weighted by Crippen LogP contribution is -2.21. The van der Waals surface area contributed by atoms with Gasteiger partial charge in [-0.25, -0.2) is 0 Å². The number of ether oxygens (including phenoxy) is 3. The minimum atomic E-state index is -0.654. The first-order chi connectivity index (χ1) is 8.81. The van der Waals surface area contributed by atoms with Crippen LogP contribution in [0.25, 0.3) is 0 Å². The molecule has 1 aliphatic rings.